The molecule has 0 radical (unpaired) electrons. The van der Waals surface area contributed by atoms with E-state index >= 15 is 0 Å². The summed E-state index contributed by atoms with van der Waals surface area (Å²) in [5, 5.41) is 0.830. The second kappa shape index (κ2) is 7.96. The quantitative estimate of drug-likeness (QED) is 0.444. The predicted molar refractivity (Wildman–Crippen MR) is 104 cm³/mol. The molecule has 0 spiro atoms. The Labute approximate surface area is 152 Å². The highest BCUT2D eigenvalue weighted by Gasteiger charge is 2.15. The molecule has 0 aliphatic carbocycles. The second-order valence-electron chi connectivity index (χ2n) is 6.06. The minimum atomic E-state index is -0.864. The van der Waals surface area contributed by atoms with Gasteiger partial charge in [-0.1, -0.05) is 49.1 Å². The van der Waals surface area contributed by atoms with Gasteiger partial charge in [0.15, 0.2) is 11.6 Å². The van der Waals surface area contributed by atoms with Gasteiger partial charge in [0, 0.05) is 10.9 Å². The smallest absolute Gasteiger partial charge is 0.167 e. The van der Waals surface area contributed by atoms with E-state index in [0.29, 0.717) is 23.3 Å². The van der Waals surface area contributed by atoms with E-state index in [9.17, 15) is 8.78 Å². The Morgan fingerprint density at radius 3 is 2.35 bits per heavy atom. The lowest BCUT2D eigenvalue weighted by Gasteiger charge is -2.11. The van der Waals surface area contributed by atoms with Crippen LogP contribution >= 0.6 is 0 Å². The molecule has 0 atom stereocenters. The number of halogens is 2. The van der Waals surface area contributed by atoms with Crippen LogP contribution in [0.25, 0.3) is 21.9 Å². The number of ether oxygens (including phenoxy) is 1. The number of aryl methyl sites for hydroxylation is 1. The molecule has 0 saturated carbocycles. The van der Waals surface area contributed by atoms with Gasteiger partial charge < -0.3 is 4.74 Å². The number of benzene rings is 3. The summed E-state index contributed by atoms with van der Waals surface area (Å²) >= 11 is 0. The molecule has 3 rings (SSSR count). The van der Waals surface area contributed by atoms with Gasteiger partial charge in [0.2, 0.25) is 0 Å². The summed E-state index contributed by atoms with van der Waals surface area (Å²) in [6.45, 7) is 7.59. The van der Waals surface area contributed by atoms with Gasteiger partial charge in [0.05, 0.1) is 0 Å². The maximum atomic E-state index is 14.7. The molecule has 0 amide bonds. The third-order valence-electron chi connectivity index (χ3n) is 4.26. The first-order valence-electron chi connectivity index (χ1n) is 8.49. The number of fused-ring (bicyclic) bond motifs is 1. The Bertz CT molecular complexity index is 943. The summed E-state index contributed by atoms with van der Waals surface area (Å²) in [4.78, 5) is 0. The van der Waals surface area contributed by atoms with Gasteiger partial charge in [-0.05, 0) is 47.6 Å². The van der Waals surface area contributed by atoms with Gasteiger partial charge in [-0.15, -0.1) is 6.58 Å². The minimum absolute atomic E-state index is 0.204. The second-order valence-corrected chi connectivity index (χ2v) is 6.06. The molecule has 0 saturated heterocycles. The third-order valence-corrected chi connectivity index (χ3v) is 4.26. The average molecular weight is 350 g/mol. The van der Waals surface area contributed by atoms with Crippen LogP contribution in [0.5, 0.6) is 5.75 Å². The first-order chi connectivity index (χ1) is 12.6. The molecule has 0 N–H and O–H groups in total. The first-order valence-corrected chi connectivity index (χ1v) is 8.49. The standard InChI is InChI=1S/C23H20F2O/c1-3-5-6-16-7-9-17(10-8-16)20-14-18-11-12-19(26-13-4-2)15-21(18)23(25)22(20)24/h3-4,7-12,14-15H,1-2,5-6,13H2. The number of hydrogen-bond acceptors (Lipinski definition) is 1. The van der Waals surface area contributed by atoms with Crippen LogP contribution in [0.15, 0.2) is 73.8 Å². The molecule has 0 heterocycles. The fraction of sp³-hybridized carbons (Fsp3) is 0.130. The van der Waals surface area contributed by atoms with Crippen molar-refractivity contribution >= 4 is 10.8 Å². The molecule has 0 unspecified atom stereocenters. The van der Waals surface area contributed by atoms with Crippen LogP contribution < -0.4 is 4.74 Å². The summed E-state index contributed by atoms with van der Waals surface area (Å²) in [5.41, 5.74) is 2.04. The average Bonchev–Trinajstić information content (AvgIpc) is 2.68. The van der Waals surface area contributed by atoms with Gasteiger partial charge in [0.25, 0.3) is 0 Å². The van der Waals surface area contributed by atoms with E-state index in [4.69, 9.17) is 4.74 Å². The Balaban J connectivity index is 2.00. The van der Waals surface area contributed by atoms with E-state index in [-0.39, 0.29) is 10.9 Å². The van der Waals surface area contributed by atoms with Crippen molar-refractivity contribution in [2.45, 2.75) is 12.8 Å². The minimum Gasteiger partial charge on any atom is -0.490 e. The highest BCUT2D eigenvalue weighted by atomic mass is 19.2. The first kappa shape index (κ1) is 17.9. The highest BCUT2D eigenvalue weighted by Crippen LogP contribution is 2.32. The molecule has 0 aliphatic heterocycles. The van der Waals surface area contributed by atoms with Crippen molar-refractivity contribution in [3.8, 4) is 16.9 Å². The summed E-state index contributed by atoms with van der Waals surface area (Å²) in [5.74, 6) is -1.23. The van der Waals surface area contributed by atoms with Gasteiger partial charge in [0.1, 0.15) is 12.4 Å². The number of allylic oxidation sites excluding steroid dienone is 1. The van der Waals surface area contributed by atoms with Gasteiger partial charge in [-0.25, -0.2) is 8.78 Å². The molecule has 3 aromatic carbocycles. The topological polar surface area (TPSA) is 9.23 Å². The Morgan fingerprint density at radius 1 is 0.885 bits per heavy atom. The lowest BCUT2D eigenvalue weighted by atomic mass is 9.98. The van der Waals surface area contributed by atoms with E-state index in [2.05, 4.69) is 13.2 Å². The zero-order valence-corrected chi connectivity index (χ0v) is 14.5. The SMILES string of the molecule is C=CCCc1ccc(-c2cc3ccc(OCC=C)cc3c(F)c2F)cc1. The lowest BCUT2D eigenvalue weighted by Crippen LogP contribution is -1.96. The molecule has 1 nitrogen and oxygen atoms in total. The molecule has 0 aromatic heterocycles. The van der Waals surface area contributed by atoms with Gasteiger partial charge >= 0.3 is 0 Å². The molecule has 132 valence electrons. The normalized spacial score (nSPS) is 10.7. The fourth-order valence-electron chi connectivity index (χ4n) is 2.88. The molecule has 0 bridgehead atoms. The third kappa shape index (κ3) is 3.67. The van der Waals surface area contributed by atoms with Crippen LogP contribution in [0, 0.1) is 11.6 Å². The zero-order chi connectivity index (χ0) is 18.5. The van der Waals surface area contributed by atoms with E-state index < -0.39 is 11.6 Å². The van der Waals surface area contributed by atoms with Gasteiger partial charge in [-0.3, -0.25) is 0 Å². The van der Waals surface area contributed by atoms with Crippen LogP contribution in [-0.2, 0) is 6.42 Å². The van der Waals surface area contributed by atoms with Crippen LogP contribution in [0.4, 0.5) is 8.78 Å². The monoisotopic (exact) mass is 350 g/mol. The molecule has 0 fully saturated rings. The van der Waals surface area contributed by atoms with Crippen molar-refractivity contribution in [1.29, 1.82) is 0 Å². The van der Waals surface area contributed by atoms with E-state index in [1.165, 1.54) is 6.07 Å². The van der Waals surface area contributed by atoms with Gasteiger partial charge in [-0.2, -0.15) is 0 Å². The molecular weight excluding hydrogens is 330 g/mol. The van der Waals surface area contributed by atoms with Crippen molar-refractivity contribution in [3.63, 3.8) is 0 Å². The Hall–Kier alpha value is -2.94. The van der Waals surface area contributed by atoms with Crippen LogP contribution in [0.1, 0.15) is 12.0 Å². The van der Waals surface area contributed by atoms with Crippen molar-refractivity contribution in [2.75, 3.05) is 6.61 Å². The van der Waals surface area contributed by atoms with Crippen LogP contribution in [0.3, 0.4) is 0 Å². The van der Waals surface area contributed by atoms with Crippen molar-refractivity contribution in [2.24, 2.45) is 0 Å². The van der Waals surface area contributed by atoms with Crippen molar-refractivity contribution in [3.05, 3.63) is 91.0 Å². The number of hydrogen-bond donors (Lipinski definition) is 0. The van der Waals surface area contributed by atoms with Crippen LogP contribution in [0.2, 0.25) is 0 Å². The maximum absolute atomic E-state index is 14.7. The van der Waals surface area contributed by atoms with Crippen molar-refractivity contribution in [1.82, 2.24) is 0 Å². The Kier molecular flexibility index (Phi) is 5.47. The molecule has 3 heteroatoms. The van der Waals surface area contributed by atoms with E-state index in [0.717, 1.165) is 18.4 Å². The molecule has 0 aliphatic rings. The largest absolute Gasteiger partial charge is 0.490 e. The fourth-order valence-corrected chi connectivity index (χ4v) is 2.88. The highest BCUT2D eigenvalue weighted by molar-refractivity contribution is 5.89. The summed E-state index contributed by atoms with van der Waals surface area (Å²) in [7, 11) is 0. The van der Waals surface area contributed by atoms with Crippen LogP contribution in [-0.4, -0.2) is 6.61 Å². The molecule has 3 aromatic rings. The predicted octanol–water partition coefficient (Wildman–Crippen LogP) is 6.47. The van der Waals surface area contributed by atoms with Crippen molar-refractivity contribution < 1.29 is 13.5 Å². The number of rotatable bonds is 7. The Morgan fingerprint density at radius 2 is 1.65 bits per heavy atom. The summed E-state index contributed by atoms with van der Waals surface area (Å²) in [6, 6.07) is 14.2. The van der Waals surface area contributed by atoms with E-state index in [1.54, 1.807) is 24.3 Å². The maximum Gasteiger partial charge on any atom is 0.167 e. The molecular formula is C23H20F2O. The summed E-state index contributed by atoms with van der Waals surface area (Å²) in [6.07, 6.45) is 5.22. The molecule has 26 heavy (non-hydrogen) atoms. The lowest BCUT2D eigenvalue weighted by molar-refractivity contribution is 0.363. The summed E-state index contributed by atoms with van der Waals surface area (Å²) < 4.78 is 34.7. The van der Waals surface area contributed by atoms with E-state index in [1.807, 2.05) is 30.3 Å². The zero-order valence-electron chi connectivity index (χ0n) is 14.5.